The molecule has 0 saturated heterocycles. The van der Waals surface area contributed by atoms with E-state index in [1.54, 1.807) is 36.5 Å². The number of carbonyl (C=O) groups excluding carboxylic acids is 1. The Kier molecular flexibility index (Phi) is 4.94. The van der Waals surface area contributed by atoms with Gasteiger partial charge in [0.05, 0.1) is 5.69 Å². The Morgan fingerprint density at radius 2 is 1.74 bits per heavy atom. The number of primary amides is 1. The fraction of sp³-hybridized carbons (Fsp3) is 0.150. The Labute approximate surface area is 156 Å². The molecule has 4 N–H and O–H groups in total. The molecular formula is C20H21N5O2. The molecule has 7 nitrogen and oxygen atoms in total. The molecule has 0 aliphatic rings. The Morgan fingerprint density at radius 3 is 2.33 bits per heavy atom. The molecule has 1 aromatic heterocycles. The Morgan fingerprint density at radius 1 is 1.11 bits per heavy atom. The van der Waals surface area contributed by atoms with E-state index in [2.05, 4.69) is 15.3 Å². The van der Waals surface area contributed by atoms with E-state index in [4.69, 9.17) is 5.73 Å². The van der Waals surface area contributed by atoms with Crippen LogP contribution in [-0.2, 0) is 0 Å². The second-order valence-corrected chi connectivity index (χ2v) is 6.36. The summed E-state index contributed by atoms with van der Waals surface area (Å²) in [7, 11) is 0. The summed E-state index contributed by atoms with van der Waals surface area (Å²) in [4.78, 5) is 19.9. The van der Waals surface area contributed by atoms with Crippen LogP contribution < -0.4 is 16.5 Å². The van der Waals surface area contributed by atoms with Crippen LogP contribution in [0.5, 0.6) is 0 Å². The number of amides is 1. The van der Waals surface area contributed by atoms with Gasteiger partial charge in [0.15, 0.2) is 5.49 Å². The maximum Gasteiger partial charge on any atom is 0.248 e. The quantitative estimate of drug-likeness (QED) is 0.619. The molecule has 1 amide bonds. The number of rotatable bonds is 4. The van der Waals surface area contributed by atoms with Gasteiger partial charge in [0.2, 0.25) is 11.9 Å². The van der Waals surface area contributed by atoms with Crippen LogP contribution in [0.3, 0.4) is 0 Å². The van der Waals surface area contributed by atoms with Crippen molar-refractivity contribution in [2.45, 2.75) is 20.8 Å². The maximum atomic E-state index is 11.2. The fourth-order valence-electron chi connectivity index (χ4n) is 2.89. The zero-order chi connectivity index (χ0) is 19.6. The first kappa shape index (κ1) is 18.2. The predicted octanol–water partition coefficient (Wildman–Crippen LogP) is 3.12. The molecular weight excluding hydrogens is 342 g/mol. The summed E-state index contributed by atoms with van der Waals surface area (Å²) < 4.78 is 0.890. The van der Waals surface area contributed by atoms with Gasteiger partial charge in [-0.1, -0.05) is 17.7 Å². The van der Waals surface area contributed by atoms with Crippen LogP contribution in [-0.4, -0.2) is 20.8 Å². The van der Waals surface area contributed by atoms with Gasteiger partial charge in [-0.25, -0.2) is 9.98 Å². The van der Waals surface area contributed by atoms with Gasteiger partial charge in [-0.05, 0) is 56.2 Å². The number of aromatic nitrogens is 2. The highest BCUT2D eigenvalue weighted by atomic mass is 16.5. The van der Waals surface area contributed by atoms with Crippen molar-refractivity contribution in [3.05, 3.63) is 76.4 Å². The van der Waals surface area contributed by atoms with Crippen molar-refractivity contribution in [2.24, 2.45) is 10.7 Å². The molecule has 3 rings (SSSR count). The molecule has 0 fully saturated rings. The number of carbonyl (C=O) groups is 1. The van der Waals surface area contributed by atoms with Gasteiger partial charge in [-0.3, -0.25) is 4.79 Å². The largest absolute Gasteiger partial charge is 0.423 e. The third kappa shape index (κ3) is 3.98. The summed E-state index contributed by atoms with van der Waals surface area (Å²) in [6.07, 6.45) is 1.56. The average molecular weight is 363 g/mol. The lowest BCUT2D eigenvalue weighted by atomic mass is 10.1. The van der Waals surface area contributed by atoms with Gasteiger partial charge in [0, 0.05) is 23.5 Å². The highest BCUT2D eigenvalue weighted by Gasteiger charge is 2.07. The van der Waals surface area contributed by atoms with Crippen LogP contribution in [0, 0.1) is 20.8 Å². The number of nitrogens with one attached hydrogen (secondary N) is 1. The third-order valence-corrected chi connectivity index (χ3v) is 4.13. The van der Waals surface area contributed by atoms with E-state index < -0.39 is 5.91 Å². The zero-order valence-corrected chi connectivity index (χ0v) is 15.4. The smallest absolute Gasteiger partial charge is 0.248 e. The number of nitrogens with zero attached hydrogens (tertiary/aromatic N) is 3. The summed E-state index contributed by atoms with van der Waals surface area (Å²) in [6, 6.07) is 12.3. The van der Waals surface area contributed by atoms with Gasteiger partial charge in [-0.2, -0.15) is 0 Å². The second kappa shape index (κ2) is 7.33. The lowest BCUT2D eigenvalue weighted by Gasteiger charge is -2.10. The molecule has 1 heterocycles. The van der Waals surface area contributed by atoms with Crippen molar-refractivity contribution in [1.82, 2.24) is 9.71 Å². The minimum absolute atomic E-state index is 0.200. The minimum Gasteiger partial charge on any atom is -0.423 e. The van der Waals surface area contributed by atoms with Gasteiger partial charge in [-0.15, -0.1) is 4.73 Å². The molecule has 0 aliphatic carbocycles. The number of nitrogens with two attached hydrogens (primary N) is 1. The molecule has 7 heteroatoms. The molecule has 0 bridgehead atoms. The first-order valence-corrected chi connectivity index (χ1v) is 8.42. The molecule has 0 atom stereocenters. The van der Waals surface area contributed by atoms with E-state index in [0.717, 1.165) is 27.1 Å². The second-order valence-electron chi connectivity index (χ2n) is 6.36. The average Bonchev–Trinajstić information content (AvgIpc) is 2.61. The number of benzene rings is 2. The Bertz CT molecular complexity index is 1050. The SMILES string of the molecule is Cc1cc(C)c(N=c2ccnc(Nc3ccc(C(N)=O)cc3)n2O)c(C)c1. The van der Waals surface area contributed by atoms with Crippen molar-refractivity contribution in [3.8, 4) is 0 Å². The highest BCUT2D eigenvalue weighted by Crippen LogP contribution is 2.24. The number of aryl methyl sites for hydroxylation is 3. The zero-order valence-electron chi connectivity index (χ0n) is 15.4. The van der Waals surface area contributed by atoms with Crippen molar-refractivity contribution in [3.63, 3.8) is 0 Å². The van der Waals surface area contributed by atoms with E-state index in [1.807, 2.05) is 32.9 Å². The van der Waals surface area contributed by atoms with Crippen LogP contribution in [0.15, 0.2) is 53.7 Å². The molecule has 0 spiro atoms. The number of anilines is 2. The summed E-state index contributed by atoms with van der Waals surface area (Å²) in [5.41, 5.74) is 10.7. The third-order valence-electron chi connectivity index (χ3n) is 4.13. The van der Waals surface area contributed by atoms with Crippen molar-refractivity contribution in [1.29, 1.82) is 0 Å². The van der Waals surface area contributed by atoms with E-state index >= 15 is 0 Å². The van der Waals surface area contributed by atoms with Gasteiger partial charge in [0.25, 0.3) is 0 Å². The van der Waals surface area contributed by atoms with Gasteiger partial charge >= 0.3 is 0 Å². The predicted molar refractivity (Wildman–Crippen MR) is 104 cm³/mol. The minimum atomic E-state index is -0.499. The Hall–Kier alpha value is -3.61. The molecule has 0 saturated carbocycles. The summed E-state index contributed by atoms with van der Waals surface area (Å²) in [5.74, 6) is -0.299. The van der Waals surface area contributed by atoms with Crippen molar-refractivity contribution in [2.75, 3.05) is 5.32 Å². The topological polar surface area (TPSA) is 106 Å². The lowest BCUT2D eigenvalue weighted by Crippen LogP contribution is -2.22. The number of hydrogen-bond acceptors (Lipinski definition) is 5. The van der Waals surface area contributed by atoms with Crippen LogP contribution in [0.2, 0.25) is 0 Å². The first-order chi connectivity index (χ1) is 12.8. The monoisotopic (exact) mass is 363 g/mol. The molecule has 27 heavy (non-hydrogen) atoms. The fourth-order valence-corrected chi connectivity index (χ4v) is 2.89. The van der Waals surface area contributed by atoms with E-state index in [1.165, 1.54) is 0 Å². The Balaban J connectivity index is 1.98. The highest BCUT2D eigenvalue weighted by molar-refractivity contribution is 5.93. The van der Waals surface area contributed by atoms with E-state index in [0.29, 0.717) is 16.7 Å². The molecule has 0 radical (unpaired) electrons. The lowest BCUT2D eigenvalue weighted by molar-refractivity contribution is 0.100. The van der Waals surface area contributed by atoms with Gasteiger partial charge in [0.1, 0.15) is 0 Å². The molecule has 2 aromatic carbocycles. The molecule has 138 valence electrons. The van der Waals surface area contributed by atoms with Crippen LogP contribution in [0.25, 0.3) is 0 Å². The molecule has 0 aliphatic heterocycles. The molecule has 0 unspecified atom stereocenters. The summed E-state index contributed by atoms with van der Waals surface area (Å²) in [6.45, 7) is 6.01. The van der Waals surface area contributed by atoms with Gasteiger partial charge < -0.3 is 16.3 Å². The van der Waals surface area contributed by atoms with Crippen LogP contribution in [0.4, 0.5) is 17.3 Å². The van der Waals surface area contributed by atoms with Crippen molar-refractivity contribution < 1.29 is 10.0 Å². The normalized spacial score (nSPS) is 11.4. The maximum absolute atomic E-state index is 11.2. The summed E-state index contributed by atoms with van der Waals surface area (Å²) in [5, 5.41) is 13.5. The van der Waals surface area contributed by atoms with Crippen LogP contribution in [0.1, 0.15) is 27.0 Å². The van der Waals surface area contributed by atoms with Crippen molar-refractivity contribution >= 4 is 23.2 Å². The van der Waals surface area contributed by atoms with Crippen LogP contribution >= 0.6 is 0 Å². The number of hydrogen-bond donors (Lipinski definition) is 3. The van der Waals surface area contributed by atoms with E-state index in [-0.39, 0.29) is 5.95 Å². The molecule has 3 aromatic rings. The first-order valence-electron chi connectivity index (χ1n) is 8.42. The van der Waals surface area contributed by atoms with E-state index in [9.17, 15) is 10.0 Å². The standard InChI is InChI=1S/C20H21N5O2/c1-12-10-13(2)18(14(3)11-12)24-17-8-9-22-20(25(17)27)23-16-6-4-15(5-7-16)19(21)26/h4-11,27H,1-3H3,(H2,21,26)(H,22,23). The summed E-state index contributed by atoms with van der Waals surface area (Å²) >= 11 is 0.